The first kappa shape index (κ1) is 12.9. The van der Waals surface area contributed by atoms with Crippen LogP contribution in [-0.4, -0.2) is 31.1 Å². The van der Waals surface area contributed by atoms with E-state index < -0.39 is 12.0 Å². The molecule has 0 aliphatic rings. The van der Waals surface area contributed by atoms with Crippen molar-refractivity contribution >= 4 is 11.9 Å². The van der Waals surface area contributed by atoms with Crippen molar-refractivity contribution in [2.24, 2.45) is 11.7 Å². The minimum Gasteiger partial charge on any atom is -0.465 e. The van der Waals surface area contributed by atoms with Crippen molar-refractivity contribution in [1.82, 2.24) is 5.32 Å². The lowest BCUT2D eigenvalue weighted by Gasteiger charge is -2.14. The molecule has 0 radical (unpaired) electrons. The first-order chi connectivity index (χ1) is 6.49. The molecule has 5 heteroatoms. The number of hydrogen-bond acceptors (Lipinski definition) is 4. The predicted octanol–water partition coefficient (Wildman–Crippen LogP) is -0.351. The fourth-order valence-corrected chi connectivity index (χ4v) is 0.792. The lowest BCUT2D eigenvalue weighted by molar-refractivity contribution is -0.143. The second-order valence-electron chi connectivity index (χ2n) is 3.29. The maximum Gasteiger partial charge on any atom is 0.325 e. The van der Waals surface area contributed by atoms with E-state index in [1.165, 1.54) is 0 Å². The third kappa shape index (κ3) is 4.81. The summed E-state index contributed by atoms with van der Waals surface area (Å²) in [7, 11) is 0. The molecule has 0 bridgehead atoms. The van der Waals surface area contributed by atoms with E-state index >= 15 is 0 Å². The molecule has 0 spiro atoms. The Morgan fingerprint density at radius 2 is 2.00 bits per heavy atom. The Morgan fingerprint density at radius 3 is 2.43 bits per heavy atom. The highest BCUT2D eigenvalue weighted by molar-refractivity contribution is 5.85. The molecule has 0 saturated heterocycles. The highest BCUT2D eigenvalue weighted by Gasteiger charge is 2.17. The SMILES string of the molecule is CCOC(=O)CNC(=O)C(N)C(C)C. The highest BCUT2D eigenvalue weighted by atomic mass is 16.5. The summed E-state index contributed by atoms with van der Waals surface area (Å²) in [5, 5.41) is 2.41. The van der Waals surface area contributed by atoms with E-state index in [9.17, 15) is 9.59 Å². The first-order valence-corrected chi connectivity index (χ1v) is 4.68. The molecule has 14 heavy (non-hydrogen) atoms. The van der Waals surface area contributed by atoms with Crippen LogP contribution in [0.1, 0.15) is 20.8 Å². The van der Waals surface area contributed by atoms with Gasteiger partial charge in [0.15, 0.2) is 0 Å². The summed E-state index contributed by atoms with van der Waals surface area (Å²) in [6, 6.07) is -0.579. The quantitative estimate of drug-likeness (QED) is 0.597. The summed E-state index contributed by atoms with van der Waals surface area (Å²) in [4.78, 5) is 22.1. The van der Waals surface area contributed by atoms with E-state index in [0.717, 1.165) is 0 Å². The standard InChI is InChI=1S/C9H18N2O3/c1-4-14-7(12)5-11-9(13)8(10)6(2)3/h6,8H,4-5,10H2,1-3H3,(H,11,13). The van der Waals surface area contributed by atoms with Gasteiger partial charge < -0.3 is 15.8 Å². The average Bonchev–Trinajstić information content (AvgIpc) is 2.13. The fourth-order valence-electron chi connectivity index (χ4n) is 0.792. The zero-order valence-electron chi connectivity index (χ0n) is 8.87. The van der Waals surface area contributed by atoms with Crippen molar-refractivity contribution in [3.8, 4) is 0 Å². The van der Waals surface area contributed by atoms with Crippen molar-refractivity contribution in [3.05, 3.63) is 0 Å². The topological polar surface area (TPSA) is 81.4 Å². The summed E-state index contributed by atoms with van der Waals surface area (Å²) >= 11 is 0. The Labute approximate surface area is 84.0 Å². The van der Waals surface area contributed by atoms with Crippen LogP contribution in [0.3, 0.4) is 0 Å². The molecule has 0 saturated carbocycles. The van der Waals surface area contributed by atoms with Crippen molar-refractivity contribution in [1.29, 1.82) is 0 Å². The number of nitrogens with two attached hydrogens (primary N) is 1. The van der Waals surface area contributed by atoms with Crippen LogP contribution >= 0.6 is 0 Å². The number of hydrogen-bond donors (Lipinski definition) is 2. The number of carbonyl (C=O) groups is 2. The molecule has 3 N–H and O–H groups in total. The smallest absolute Gasteiger partial charge is 0.325 e. The minimum atomic E-state index is -0.579. The number of ether oxygens (including phenoxy) is 1. The summed E-state index contributed by atoms with van der Waals surface area (Å²) in [5.41, 5.74) is 5.56. The van der Waals surface area contributed by atoms with E-state index in [1.807, 2.05) is 13.8 Å². The zero-order chi connectivity index (χ0) is 11.1. The van der Waals surface area contributed by atoms with Crippen molar-refractivity contribution < 1.29 is 14.3 Å². The third-order valence-electron chi connectivity index (χ3n) is 1.73. The molecule has 0 aromatic carbocycles. The van der Waals surface area contributed by atoms with Gasteiger partial charge in [0.05, 0.1) is 12.6 Å². The lowest BCUT2D eigenvalue weighted by atomic mass is 10.1. The largest absolute Gasteiger partial charge is 0.465 e. The maximum absolute atomic E-state index is 11.2. The molecule has 0 aromatic heterocycles. The van der Waals surface area contributed by atoms with Gasteiger partial charge in [0.1, 0.15) is 6.54 Å². The van der Waals surface area contributed by atoms with Crippen LogP contribution in [0.5, 0.6) is 0 Å². The molecule has 0 heterocycles. The summed E-state index contributed by atoms with van der Waals surface area (Å²) in [5.74, 6) is -0.720. The Balaban J connectivity index is 3.79. The van der Waals surface area contributed by atoms with Gasteiger partial charge in [-0.1, -0.05) is 13.8 Å². The molecule has 0 aliphatic heterocycles. The van der Waals surface area contributed by atoms with Crippen molar-refractivity contribution in [2.75, 3.05) is 13.2 Å². The fraction of sp³-hybridized carbons (Fsp3) is 0.778. The van der Waals surface area contributed by atoms with Gasteiger partial charge in [0.25, 0.3) is 0 Å². The second-order valence-corrected chi connectivity index (χ2v) is 3.29. The van der Waals surface area contributed by atoms with Gasteiger partial charge in [-0.2, -0.15) is 0 Å². The minimum absolute atomic E-state index is 0.0530. The van der Waals surface area contributed by atoms with Gasteiger partial charge in [0.2, 0.25) is 5.91 Å². The molecule has 0 aliphatic carbocycles. The number of rotatable bonds is 5. The van der Waals surface area contributed by atoms with Crippen LogP contribution in [0.15, 0.2) is 0 Å². The third-order valence-corrected chi connectivity index (χ3v) is 1.73. The van der Waals surface area contributed by atoms with Gasteiger partial charge in [-0.15, -0.1) is 0 Å². The van der Waals surface area contributed by atoms with E-state index in [4.69, 9.17) is 5.73 Å². The molecule has 5 nitrogen and oxygen atoms in total. The predicted molar refractivity (Wildman–Crippen MR) is 52.5 cm³/mol. The Hall–Kier alpha value is -1.10. The molecule has 1 unspecified atom stereocenters. The highest BCUT2D eigenvalue weighted by Crippen LogP contribution is 1.97. The van der Waals surface area contributed by atoms with Crippen molar-refractivity contribution in [3.63, 3.8) is 0 Å². The van der Waals surface area contributed by atoms with Crippen LogP contribution < -0.4 is 11.1 Å². The number of amides is 1. The average molecular weight is 202 g/mol. The Morgan fingerprint density at radius 1 is 1.43 bits per heavy atom. The molecule has 1 atom stereocenters. The molecule has 0 aromatic rings. The molecule has 0 fully saturated rings. The number of nitrogens with one attached hydrogen (secondary N) is 1. The first-order valence-electron chi connectivity index (χ1n) is 4.68. The molecular formula is C9H18N2O3. The van der Waals surface area contributed by atoms with Crippen molar-refractivity contribution in [2.45, 2.75) is 26.8 Å². The van der Waals surface area contributed by atoms with E-state index in [0.29, 0.717) is 6.61 Å². The van der Waals surface area contributed by atoms with Gasteiger partial charge in [-0.25, -0.2) is 0 Å². The molecule has 0 rings (SSSR count). The molecule has 1 amide bonds. The van der Waals surface area contributed by atoms with Gasteiger partial charge >= 0.3 is 5.97 Å². The summed E-state index contributed by atoms with van der Waals surface area (Å²) < 4.78 is 4.64. The van der Waals surface area contributed by atoms with Crippen LogP contribution in [0.2, 0.25) is 0 Å². The summed E-state index contributed by atoms with van der Waals surface area (Å²) in [6.07, 6.45) is 0. The van der Waals surface area contributed by atoms with Crippen LogP contribution in [-0.2, 0) is 14.3 Å². The second kappa shape index (κ2) is 6.37. The molecule has 82 valence electrons. The van der Waals surface area contributed by atoms with Gasteiger partial charge in [-0.3, -0.25) is 9.59 Å². The van der Waals surface area contributed by atoms with Crippen LogP contribution in [0.25, 0.3) is 0 Å². The Kier molecular flexibility index (Phi) is 5.87. The number of carbonyl (C=O) groups excluding carboxylic acids is 2. The zero-order valence-corrected chi connectivity index (χ0v) is 8.87. The van der Waals surface area contributed by atoms with E-state index in [2.05, 4.69) is 10.1 Å². The number of esters is 1. The maximum atomic E-state index is 11.2. The van der Waals surface area contributed by atoms with E-state index in [1.54, 1.807) is 6.92 Å². The monoisotopic (exact) mass is 202 g/mol. The van der Waals surface area contributed by atoms with Crippen LogP contribution in [0.4, 0.5) is 0 Å². The molecular weight excluding hydrogens is 184 g/mol. The van der Waals surface area contributed by atoms with Gasteiger partial charge in [0, 0.05) is 0 Å². The summed E-state index contributed by atoms with van der Waals surface area (Å²) in [6.45, 7) is 5.58. The normalized spacial score (nSPS) is 12.4. The van der Waals surface area contributed by atoms with Crippen LogP contribution in [0, 0.1) is 5.92 Å². The Bertz CT molecular complexity index is 204. The van der Waals surface area contributed by atoms with E-state index in [-0.39, 0.29) is 18.4 Å². The van der Waals surface area contributed by atoms with Gasteiger partial charge in [-0.05, 0) is 12.8 Å². The lowest BCUT2D eigenvalue weighted by Crippen LogP contribution is -2.45.